The summed E-state index contributed by atoms with van der Waals surface area (Å²) >= 11 is 1.58. The second kappa shape index (κ2) is 5.88. The third-order valence-corrected chi connectivity index (χ3v) is 3.90. The molecule has 0 fully saturated rings. The van der Waals surface area contributed by atoms with E-state index in [1.54, 1.807) is 30.8 Å². The molecule has 0 radical (unpaired) electrons. The van der Waals surface area contributed by atoms with Gasteiger partial charge in [0.05, 0.1) is 12.8 Å². The molecule has 3 rings (SSSR count). The monoisotopic (exact) mass is 298 g/mol. The molecule has 0 aliphatic rings. The van der Waals surface area contributed by atoms with Crippen LogP contribution in [0.15, 0.2) is 42.0 Å². The van der Waals surface area contributed by atoms with Crippen molar-refractivity contribution >= 4 is 16.5 Å². The van der Waals surface area contributed by atoms with Gasteiger partial charge in [-0.05, 0) is 5.56 Å². The van der Waals surface area contributed by atoms with Gasteiger partial charge in [-0.3, -0.25) is 0 Å². The quantitative estimate of drug-likeness (QED) is 0.800. The zero-order chi connectivity index (χ0) is 14.7. The Morgan fingerprint density at radius 1 is 1.10 bits per heavy atom. The zero-order valence-electron chi connectivity index (χ0n) is 11.7. The predicted octanol–water partition coefficient (Wildman–Crippen LogP) is 3.32. The summed E-state index contributed by atoms with van der Waals surface area (Å²) in [6.45, 7) is 0. The highest BCUT2D eigenvalue weighted by Crippen LogP contribution is 2.33. The summed E-state index contributed by atoms with van der Waals surface area (Å²) in [7, 11) is 3.42. The minimum absolute atomic E-state index is 0.363. The van der Waals surface area contributed by atoms with Gasteiger partial charge in [0.1, 0.15) is 0 Å². The van der Waals surface area contributed by atoms with Crippen LogP contribution in [0, 0.1) is 0 Å². The second-order valence-electron chi connectivity index (χ2n) is 4.29. The van der Waals surface area contributed by atoms with Crippen molar-refractivity contribution in [3.8, 4) is 28.4 Å². The largest absolute Gasteiger partial charge is 0.467 e. The van der Waals surface area contributed by atoms with Crippen LogP contribution < -0.4 is 10.1 Å². The van der Waals surface area contributed by atoms with Gasteiger partial charge in [0.15, 0.2) is 5.13 Å². The van der Waals surface area contributed by atoms with E-state index in [1.165, 1.54) is 0 Å². The van der Waals surface area contributed by atoms with Gasteiger partial charge in [-0.2, -0.15) is 0 Å². The van der Waals surface area contributed by atoms with Gasteiger partial charge in [0, 0.05) is 35.9 Å². The standard InChI is InChI=1S/C15H14N4OS/c1-16-15-19-13(9-21-15)12-6-4-3-5-11(12)10-7-17-14(20-2)18-8-10/h3-9H,1-2H3,(H,16,19). The summed E-state index contributed by atoms with van der Waals surface area (Å²) in [5, 5.41) is 5.99. The van der Waals surface area contributed by atoms with Gasteiger partial charge in [-0.15, -0.1) is 11.3 Å². The summed E-state index contributed by atoms with van der Waals surface area (Å²) in [4.78, 5) is 12.9. The van der Waals surface area contributed by atoms with Crippen LogP contribution in [0.5, 0.6) is 6.01 Å². The lowest BCUT2D eigenvalue weighted by atomic mass is 10.0. The van der Waals surface area contributed by atoms with Crippen LogP contribution in [0.25, 0.3) is 22.4 Å². The Balaban J connectivity index is 2.06. The van der Waals surface area contributed by atoms with Crippen molar-refractivity contribution in [3.63, 3.8) is 0 Å². The Labute approximate surface area is 126 Å². The fraction of sp³-hybridized carbons (Fsp3) is 0.133. The number of hydrogen-bond acceptors (Lipinski definition) is 6. The van der Waals surface area contributed by atoms with Crippen LogP contribution in [-0.2, 0) is 0 Å². The van der Waals surface area contributed by atoms with Crippen LogP contribution in [0.4, 0.5) is 5.13 Å². The third kappa shape index (κ3) is 2.71. The SMILES string of the molecule is CNc1nc(-c2ccccc2-c2cnc(OC)nc2)cs1. The maximum absolute atomic E-state index is 5.00. The lowest BCUT2D eigenvalue weighted by molar-refractivity contribution is 0.380. The summed E-state index contributed by atoms with van der Waals surface area (Å²) in [6.07, 6.45) is 3.52. The molecule has 0 saturated carbocycles. The van der Waals surface area contributed by atoms with E-state index in [0.29, 0.717) is 6.01 Å². The fourth-order valence-electron chi connectivity index (χ4n) is 2.03. The number of aromatic nitrogens is 3. The van der Waals surface area contributed by atoms with Gasteiger partial charge in [-0.25, -0.2) is 15.0 Å². The summed E-state index contributed by atoms with van der Waals surface area (Å²) in [5.41, 5.74) is 3.98. The molecule has 5 nitrogen and oxygen atoms in total. The Morgan fingerprint density at radius 3 is 2.43 bits per heavy atom. The van der Waals surface area contributed by atoms with Gasteiger partial charge in [0.2, 0.25) is 0 Å². The number of benzene rings is 1. The number of methoxy groups -OCH3 is 1. The molecule has 0 aliphatic heterocycles. The van der Waals surface area contributed by atoms with E-state index in [1.807, 2.05) is 36.7 Å². The van der Waals surface area contributed by atoms with E-state index in [2.05, 4.69) is 20.3 Å². The number of hydrogen-bond donors (Lipinski definition) is 1. The molecule has 0 aliphatic carbocycles. The number of ether oxygens (including phenoxy) is 1. The molecule has 0 saturated heterocycles. The first-order chi connectivity index (χ1) is 10.3. The Hall–Kier alpha value is -2.47. The molecular formula is C15H14N4OS. The lowest BCUT2D eigenvalue weighted by Crippen LogP contribution is -1.93. The maximum atomic E-state index is 5.00. The van der Waals surface area contributed by atoms with Crippen LogP contribution >= 0.6 is 11.3 Å². The minimum Gasteiger partial charge on any atom is -0.467 e. The van der Waals surface area contributed by atoms with Gasteiger partial charge < -0.3 is 10.1 Å². The number of anilines is 1. The van der Waals surface area contributed by atoms with Crippen molar-refractivity contribution in [2.45, 2.75) is 0 Å². The molecule has 1 aromatic carbocycles. The molecule has 6 heteroatoms. The lowest BCUT2D eigenvalue weighted by Gasteiger charge is -2.07. The smallest absolute Gasteiger partial charge is 0.316 e. The molecule has 1 N–H and O–H groups in total. The second-order valence-corrected chi connectivity index (χ2v) is 5.15. The molecule has 0 bridgehead atoms. The Bertz CT molecular complexity index is 739. The highest BCUT2D eigenvalue weighted by atomic mass is 32.1. The molecule has 0 amide bonds. The first-order valence-electron chi connectivity index (χ1n) is 6.41. The van der Waals surface area contributed by atoms with E-state index in [4.69, 9.17) is 4.74 Å². The minimum atomic E-state index is 0.363. The average Bonchev–Trinajstić information content (AvgIpc) is 3.04. The zero-order valence-corrected chi connectivity index (χ0v) is 12.5. The fourth-order valence-corrected chi connectivity index (χ4v) is 2.70. The van der Waals surface area contributed by atoms with E-state index in [0.717, 1.165) is 27.5 Å². The number of nitrogens with one attached hydrogen (secondary N) is 1. The van der Waals surface area contributed by atoms with Crippen LogP contribution in [-0.4, -0.2) is 29.1 Å². The van der Waals surface area contributed by atoms with E-state index in [-0.39, 0.29) is 0 Å². The van der Waals surface area contributed by atoms with Gasteiger partial charge in [-0.1, -0.05) is 24.3 Å². The van der Waals surface area contributed by atoms with E-state index < -0.39 is 0 Å². The van der Waals surface area contributed by atoms with Crippen molar-refractivity contribution in [3.05, 3.63) is 42.0 Å². The highest BCUT2D eigenvalue weighted by Gasteiger charge is 2.11. The Morgan fingerprint density at radius 2 is 1.81 bits per heavy atom. The number of thiazole rings is 1. The number of rotatable bonds is 4. The maximum Gasteiger partial charge on any atom is 0.316 e. The molecule has 0 spiro atoms. The molecule has 0 atom stereocenters. The molecule has 3 aromatic rings. The molecule has 2 heterocycles. The van der Waals surface area contributed by atoms with E-state index in [9.17, 15) is 0 Å². The van der Waals surface area contributed by atoms with Crippen molar-refractivity contribution < 1.29 is 4.74 Å². The van der Waals surface area contributed by atoms with Crippen LogP contribution in [0.2, 0.25) is 0 Å². The molecule has 0 unspecified atom stereocenters. The van der Waals surface area contributed by atoms with Crippen LogP contribution in [0.1, 0.15) is 0 Å². The summed E-state index contributed by atoms with van der Waals surface area (Å²) < 4.78 is 5.00. The molecular weight excluding hydrogens is 284 g/mol. The Kier molecular flexibility index (Phi) is 3.79. The average molecular weight is 298 g/mol. The van der Waals surface area contributed by atoms with Crippen LogP contribution in [0.3, 0.4) is 0 Å². The van der Waals surface area contributed by atoms with E-state index >= 15 is 0 Å². The topological polar surface area (TPSA) is 59.9 Å². The van der Waals surface area contributed by atoms with Crippen molar-refractivity contribution in [1.29, 1.82) is 0 Å². The van der Waals surface area contributed by atoms with Gasteiger partial charge in [0.25, 0.3) is 0 Å². The normalized spacial score (nSPS) is 10.4. The first-order valence-corrected chi connectivity index (χ1v) is 7.29. The summed E-state index contributed by atoms with van der Waals surface area (Å²) in [6, 6.07) is 8.45. The predicted molar refractivity (Wildman–Crippen MR) is 84.7 cm³/mol. The third-order valence-electron chi connectivity index (χ3n) is 3.04. The number of nitrogens with zero attached hydrogens (tertiary/aromatic N) is 3. The summed E-state index contributed by atoms with van der Waals surface area (Å²) in [5.74, 6) is 0. The molecule has 106 valence electrons. The van der Waals surface area contributed by atoms with Gasteiger partial charge >= 0.3 is 6.01 Å². The first kappa shape index (κ1) is 13.5. The van der Waals surface area contributed by atoms with Crippen molar-refractivity contribution in [1.82, 2.24) is 15.0 Å². The van der Waals surface area contributed by atoms with Crippen molar-refractivity contribution in [2.75, 3.05) is 19.5 Å². The highest BCUT2D eigenvalue weighted by molar-refractivity contribution is 7.14. The molecule has 2 aromatic heterocycles. The molecule has 21 heavy (non-hydrogen) atoms. The van der Waals surface area contributed by atoms with Crippen molar-refractivity contribution in [2.24, 2.45) is 0 Å².